The standard InChI is InChI=1S/C14H30N2O/c1-6-15-14(17)16-13(12(4)5)10-8-7-9-11(2)3/h11-13H,6-10H2,1-5H3,(H2,15,16,17)/t13-/m0/s1. The predicted molar refractivity (Wildman–Crippen MR) is 74.1 cm³/mol. The molecule has 2 amide bonds. The maximum atomic E-state index is 11.5. The average Bonchev–Trinajstić information content (AvgIpc) is 2.22. The molecule has 2 N–H and O–H groups in total. The molecule has 0 spiro atoms. The van der Waals surface area contributed by atoms with Crippen LogP contribution in [0.5, 0.6) is 0 Å². The average molecular weight is 242 g/mol. The molecule has 1 atom stereocenters. The van der Waals surface area contributed by atoms with Crippen molar-refractivity contribution in [2.24, 2.45) is 11.8 Å². The summed E-state index contributed by atoms with van der Waals surface area (Å²) in [7, 11) is 0. The number of carbonyl (C=O) groups is 1. The molecule has 102 valence electrons. The molecule has 0 unspecified atom stereocenters. The van der Waals surface area contributed by atoms with Gasteiger partial charge in [-0.3, -0.25) is 0 Å². The van der Waals surface area contributed by atoms with E-state index in [-0.39, 0.29) is 6.03 Å². The number of nitrogens with one attached hydrogen (secondary N) is 2. The molecule has 0 fully saturated rings. The monoisotopic (exact) mass is 242 g/mol. The first kappa shape index (κ1) is 16.3. The summed E-state index contributed by atoms with van der Waals surface area (Å²) in [5, 5.41) is 5.84. The van der Waals surface area contributed by atoms with Crippen molar-refractivity contribution in [3.05, 3.63) is 0 Å². The van der Waals surface area contributed by atoms with Crippen LogP contribution in [0, 0.1) is 11.8 Å². The number of hydrogen-bond acceptors (Lipinski definition) is 1. The Balaban J connectivity index is 3.86. The molecule has 0 saturated heterocycles. The topological polar surface area (TPSA) is 41.1 Å². The van der Waals surface area contributed by atoms with Crippen molar-refractivity contribution in [1.29, 1.82) is 0 Å². The second-order valence-electron chi connectivity index (χ2n) is 5.53. The van der Waals surface area contributed by atoms with E-state index in [1.807, 2.05) is 6.92 Å². The van der Waals surface area contributed by atoms with Crippen LogP contribution in [0.2, 0.25) is 0 Å². The van der Waals surface area contributed by atoms with Gasteiger partial charge in [-0.15, -0.1) is 0 Å². The summed E-state index contributed by atoms with van der Waals surface area (Å²) in [5.41, 5.74) is 0. The molecular weight excluding hydrogens is 212 g/mol. The molecule has 0 aromatic rings. The molecule has 3 nitrogen and oxygen atoms in total. The summed E-state index contributed by atoms with van der Waals surface area (Å²) in [4.78, 5) is 11.5. The van der Waals surface area contributed by atoms with E-state index in [4.69, 9.17) is 0 Å². The number of urea groups is 1. The van der Waals surface area contributed by atoms with Crippen molar-refractivity contribution in [3.63, 3.8) is 0 Å². The SMILES string of the molecule is CCNC(=O)N[C@@H](CCCCC(C)C)C(C)C. The summed E-state index contributed by atoms with van der Waals surface area (Å²) in [6, 6.07) is 0.267. The van der Waals surface area contributed by atoms with Crippen molar-refractivity contribution < 1.29 is 4.79 Å². The van der Waals surface area contributed by atoms with Crippen molar-refractivity contribution >= 4 is 6.03 Å². The van der Waals surface area contributed by atoms with E-state index in [1.165, 1.54) is 19.3 Å². The van der Waals surface area contributed by atoms with E-state index >= 15 is 0 Å². The van der Waals surface area contributed by atoms with Crippen LogP contribution in [0.25, 0.3) is 0 Å². The predicted octanol–water partition coefficient (Wildman–Crippen LogP) is 3.55. The van der Waals surface area contributed by atoms with Crippen molar-refractivity contribution in [3.8, 4) is 0 Å². The van der Waals surface area contributed by atoms with Crippen LogP contribution in [-0.2, 0) is 0 Å². The van der Waals surface area contributed by atoms with E-state index in [0.717, 1.165) is 12.3 Å². The molecule has 0 saturated carbocycles. The lowest BCUT2D eigenvalue weighted by molar-refractivity contribution is 0.231. The van der Waals surface area contributed by atoms with Gasteiger partial charge in [-0.2, -0.15) is 0 Å². The van der Waals surface area contributed by atoms with E-state index in [0.29, 0.717) is 18.5 Å². The highest BCUT2D eigenvalue weighted by molar-refractivity contribution is 5.74. The Morgan fingerprint density at radius 3 is 2.12 bits per heavy atom. The first-order valence-electron chi connectivity index (χ1n) is 7.01. The molecule has 0 aliphatic heterocycles. The van der Waals surface area contributed by atoms with Gasteiger partial charge in [-0.25, -0.2) is 4.79 Å². The Bertz CT molecular complexity index is 202. The van der Waals surface area contributed by atoms with Gasteiger partial charge in [0.05, 0.1) is 0 Å². The summed E-state index contributed by atoms with van der Waals surface area (Å²) in [6.45, 7) is 11.5. The normalized spacial score (nSPS) is 12.9. The van der Waals surface area contributed by atoms with E-state index in [2.05, 4.69) is 38.3 Å². The second kappa shape index (κ2) is 9.32. The van der Waals surface area contributed by atoms with Gasteiger partial charge < -0.3 is 10.6 Å². The zero-order valence-corrected chi connectivity index (χ0v) is 12.2. The molecule has 0 bridgehead atoms. The number of rotatable bonds is 8. The van der Waals surface area contributed by atoms with Gasteiger partial charge >= 0.3 is 6.03 Å². The van der Waals surface area contributed by atoms with Crippen LogP contribution >= 0.6 is 0 Å². The smallest absolute Gasteiger partial charge is 0.315 e. The molecule has 0 aliphatic carbocycles. The van der Waals surface area contributed by atoms with Crippen LogP contribution in [0.3, 0.4) is 0 Å². The third-order valence-electron chi connectivity index (χ3n) is 3.01. The van der Waals surface area contributed by atoms with Crippen LogP contribution in [0.1, 0.15) is 60.3 Å². The Morgan fingerprint density at radius 2 is 1.65 bits per heavy atom. The molecule has 0 radical (unpaired) electrons. The lowest BCUT2D eigenvalue weighted by Crippen LogP contribution is -2.44. The molecule has 0 rings (SSSR count). The van der Waals surface area contributed by atoms with Crippen molar-refractivity contribution in [1.82, 2.24) is 10.6 Å². The van der Waals surface area contributed by atoms with E-state index in [9.17, 15) is 4.79 Å². The van der Waals surface area contributed by atoms with Gasteiger partial charge in [0.15, 0.2) is 0 Å². The van der Waals surface area contributed by atoms with Crippen LogP contribution < -0.4 is 10.6 Å². The number of carbonyl (C=O) groups excluding carboxylic acids is 1. The molecular formula is C14H30N2O. The number of unbranched alkanes of at least 4 members (excludes halogenated alkanes) is 1. The minimum atomic E-state index is -0.0324. The Morgan fingerprint density at radius 1 is 1.06 bits per heavy atom. The Hall–Kier alpha value is -0.730. The maximum absolute atomic E-state index is 11.5. The molecule has 0 aliphatic rings. The quantitative estimate of drug-likeness (QED) is 0.628. The van der Waals surface area contributed by atoms with Crippen LogP contribution in [0.15, 0.2) is 0 Å². The van der Waals surface area contributed by atoms with E-state index < -0.39 is 0 Å². The highest BCUT2D eigenvalue weighted by Crippen LogP contribution is 2.13. The fourth-order valence-electron chi connectivity index (χ4n) is 1.87. The molecule has 0 aromatic heterocycles. The summed E-state index contributed by atoms with van der Waals surface area (Å²) in [6.07, 6.45) is 4.83. The van der Waals surface area contributed by atoms with Gasteiger partial charge in [-0.05, 0) is 25.2 Å². The highest BCUT2D eigenvalue weighted by atomic mass is 16.2. The second-order valence-corrected chi connectivity index (χ2v) is 5.53. The van der Waals surface area contributed by atoms with Crippen LogP contribution in [0.4, 0.5) is 4.79 Å². The highest BCUT2D eigenvalue weighted by Gasteiger charge is 2.15. The maximum Gasteiger partial charge on any atom is 0.315 e. The lowest BCUT2D eigenvalue weighted by Gasteiger charge is -2.22. The zero-order valence-electron chi connectivity index (χ0n) is 12.2. The van der Waals surface area contributed by atoms with Gasteiger partial charge in [-0.1, -0.05) is 47.0 Å². The fraction of sp³-hybridized carbons (Fsp3) is 0.929. The molecule has 0 aromatic carbocycles. The third-order valence-corrected chi connectivity index (χ3v) is 3.01. The van der Waals surface area contributed by atoms with E-state index in [1.54, 1.807) is 0 Å². The summed E-state index contributed by atoms with van der Waals surface area (Å²) >= 11 is 0. The largest absolute Gasteiger partial charge is 0.338 e. The van der Waals surface area contributed by atoms with Gasteiger partial charge in [0.25, 0.3) is 0 Å². The molecule has 3 heteroatoms. The first-order chi connectivity index (χ1) is 7.97. The number of hydrogen-bond donors (Lipinski definition) is 2. The summed E-state index contributed by atoms with van der Waals surface area (Å²) in [5.74, 6) is 1.28. The minimum absolute atomic E-state index is 0.0324. The minimum Gasteiger partial charge on any atom is -0.338 e. The zero-order chi connectivity index (χ0) is 13.3. The van der Waals surface area contributed by atoms with Crippen molar-refractivity contribution in [2.75, 3.05) is 6.54 Å². The summed E-state index contributed by atoms with van der Waals surface area (Å²) < 4.78 is 0. The van der Waals surface area contributed by atoms with Gasteiger partial charge in [0, 0.05) is 12.6 Å². The third kappa shape index (κ3) is 9.02. The Labute approximate surface area is 107 Å². The van der Waals surface area contributed by atoms with Gasteiger partial charge in [0.1, 0.15) is 0 Å². The Kier molecular flexibility index (Phi) is 8.92. The van der Waals surface area contributed by atoms with Gasteiger partial charge in [0.2, 0.25) is 0 Å². The fourth-order valence-corrected chi connectivity index (χ4v) is 1.87. The van der Waals surface area contributed by atoms with Crippen LogP contribution in [-0.4, -0.2) is 18.6 Å². The first-order valence-corrected chi connectivity index (χ1v) is 7.01. The van der Waals surface area contributed by atoms with Crippen molar-refractivity contribution in [2.45, 2.75) is 66.3 Å². The molecule has 17 heavy (non-hydrogen) atoms. The lowest BCUT2D eigenvalue weighted by atomic mass is 9.96. The number of amides is 2. The molecule has 0 heterocycles.